The normalized spacial score (nSPS) is 10.6. The minimum atomic E-state index is -0.523. The molecular formula is C21H23BrO5. The Hall–Kier alpha value is -2.34. The number of halogens is 1. The van der Waals surface area contributed by atoms with Gasteiger partial charge in [-0.15, -0.1) is 0 Å². The van der Waals surface area contributed by atoms with Gasteiger partial charge in [-0.3, -0.25) is 0 Å². The Kier molecular flexibility index (Phi) is 7.85. The summed E-state index contributed by atoms with van der Waals surface area (Å²) in [6, 6.07) is 11.4. The second-order valence-electron chi connectivity index (χ2n) is 6.31. The first-order valence-electron chi connectivity index (χ1n) is 8.82. The highest BCUT2D eigenvalue weighted by atomic mass is 79.9. The summed E-state index contributed by atoms with van der Waals surface area (Å²) in [5, 5.41) is 0. The van der Waals surface area contributed by atoms with Crippen molar-refractivity contribution in [3.8, 4) is 11.5 Å². The van der Waals surface area contributed by atoms with Crippen molar-refractivity contribution in [2.24, 2.45) is 5.92 Å². The maximum Gasteiger partial charge on any atom is 0.343 e. The van der Waals surface area contributed by atoms with Crippen molar-refractivity contribution in [3.05, 3.63) is 58.1 Å². The van der Waals surface area contributed by atoms with Crippen LogP contribution in [0.5, 0.6) is 11.5 Å². The highest BCUT2D eigenvalue weighted by Gasteiger charge is 2.14. The largest absolute Gasteiger partial charge is 0.492 e. The van der Waals surface area contributed by atoms with Crippen LogP contribution in [0, 0.1) is 5.92 Å². The van der Waals surface area contributed by atoms with Crippen molar-refractivity contribution in [2.45, 2.75) is 27.2 Å². The van der Waals surface area contributed by atoms with Gasteiger partial charge in [0.1, 0.15) is 11.5 Å². The fourth-order valence-electron chi connectivity index (χ4n) is 2.22. The lowest BCUT2D eigenvalue weighted by Gasteiger charge is -2.11. The van der Waals surface area contributed by atoms with Crippen LogP contribution in [-0.2, 0) is 4.74 Å². The first-order chi connectivity index (χ1) is 12.9. The van der Waals surface area contributed by atoms with E-state index in [0.29, 0.717) is 33.9 Å². The summed E-state index contributed by atoms with van der Waals surface area (Å²) in [6.45, 7) is 6.89. The predicted octanol–water partition coefficient (Wildman–Crippen LogP) is 5.27. The van der Waals surface area contributed by atoms with E-state index in [0.717, 1.165) is 6.42 Å². The molecule has 0 spiro atoms. The van der Waals surface area contributed by atoms with Gasteiger partial charge in [0.05, 0.1) is 28.8 Å². The number of carbonyl (C=O) groups excluding carboxylic acids is 2. The summed E-state index contributed by atoms with van der Waals surface area (Å²) >= 11 is 3.42. The van der Waals surface area contributed by atoms with Crippen molar-refractivity contribution in [2.75, 3.05) is 13.2 Å². The maximum atomic E-state index is 12.4. The minimum absolute atomic E-state index is 0.277. The lowest BCUT2D eigenvalue weighted by atomic mass is 10.1. The molecule has 5 nitrogen and oxygen atoms in total. The molecule has 0 amide bonds. The molecule has 2 aromatic carbocycles. The lowest BCUT2D eigenvalue weighted by Crippen LogP contribution is -2.10. The standard InChI is InChI=1S/C21H23BrO5/c1-4-25-20(23)15-6-5-7-17(12-15)27-21(24)16-8-9-19(18(22)13-16)26-11-10-14(2)3/h5-9,12-14H,4,10-11H2,1-3H3. The van der Waals surface area contributed by atoms with Crippen LogP contribution >= 0.6 is 15.9 Å². The van der Waals surface area contributed by atoms with Crippen LogP contribution < -0.4 is 9.47 Å². The number of esters is 2. The third-order valence-electron chi connectivity index (χ3n) is 3.68. The van der Waals surface area contributed by atoms with Crippen LogP contribution in [0.2, 0.25) is 0 Å². The zero-order valence-corrected chi connectivity index (χ0v) is 17.2. The Morgan fingerprint density at radius 1 is 1.04 bits per heavy atom. The van der Waals surface area contributed by atoms with Crippen molar-refractivity contribution in [1.82, 2.24) is 0 Å². The fourth-order valence-corrected chi connectivity index (χ4v) is 2.71. The van der Waals surface area contributed by atoms with E-state index in [-0.39, 0.29) is 12.4 Å². The molecule has 0 fully saturated rings. The molecule has 2 rings (SSSR count). The van der Waals surface area contributed by atoms with Crippen LogP contribution in [0.1, 0.15) is 47.9 Å². The topological polar surface area (TPSA) is 61.8 Å². The Bertz CT molecular complexity index is 801. The Balaban J connectivity index is 2.04. The van der Waals surface area contributed by atoms with Gasteiger partial charge in [0.2, 0.25) is 0 Å². The average molecular weight is 435 g/mol. The Morgan fingerprint density at radius 3 is 2.44 bits per heavy atom. The summed E-state index contributed by atoms with van der Waals surface area (Å²) in [6.07, 6.45) is 0.951. The summed E-state index contributed by atoms with van der Waals surface area (Å²) in [5.74, 6) is 0.533. The Labute approximate surface area is 167 Å². The van der Waals surface area contributed by atoms with Gasteiger partial charge in [0.25, 0.3) is 0 Å². The van der Waals surface area contributed by atoms with Crippen LogP contribution in [0.4, 0.5) is 0 Å². The van der Waals surface area contributed by atoms with Gasteiger partial charge >= 0.3 is 11.9 Å². The van der Waals surface area contributed by atoms with Crippen molar-refractivity contribution in [3.63, 3.8) is 0 Å². The average Bonchev–Trinajstić information content (AvgIpc) is 2.63. The highest BCUT2D eigenvalue weighted by molar-refractivity contribution is 9.10. The van der Waals surface area contributed by atoms with E-state index in [4.69, 9.17) is 14.2 Å². The predicted molar refractivity (Wildman–Crippen MR) is 106 cm³/mol. The van der Waals surface area contributed by atoms with Crippen LogP contribution in [0.15, 0.2) is 46.9 Å². The van der Waals surface area contributed by atoms with Gasteiger partial charge in [0, 0.05) is 0 Å². The van der Waals surface area contributed by atoms with E-state index in [2.05, 4.69) is 29.8 Å². The van der Waals surface area contributed by atoms with Gasteiger partial charge < -0.3 is 14.2 Å². The summed E-state index contributed by atoms with van der Waals surface area (Å²) < 4.78 is 16.7. The van der Waals surface area contributed by atoms with Gasteiger partial charge in [0.15, 0.2) is 0 Å². The third-order valence-corrected chi connectivity index (χ3v) is 4.30. The van der Waals surface area contributed by atoms with Gasteiger partial charge in [-0.1, -0.05) is 19.9 Å². The first-order valence-corrected chi connectivity index (χ1v) is 9.61. The van der Waals surface area contributed by atoms with Crippen molar-refractivity contribution in [1.29, 1.82) is 0 Å². The van der Waals surface area contributed by atoms with E-state index in [1.807, 2.05) is 0 Å². The molecule has 0 atom stereocenters. The van der Waals surface area contributed by atoms with E-state index in [9.17, 15) is 9.59 Å². The highest BCUT2D eigenvalue weighted by Crippen LogP contribution is 2.27. The molecule has 0 aliphatic heterocycles. The zero-order valence-electron chi connectivity index (χ0n) is 15.7. The quantitative estimate of drug-likeness (QED) is 0.418. The molecule has 6 heteroatoms. The molecule has 0 saturated carbocycles. The lowest BCUT2D eigenvalue weighted by molar-refractivity contribution is 0.0524. The molecule has 0 bridgehead atoms. The number of hydrogen-bond donors (Lipinski definition) is 0. The first kappa shape index (κ1) is 21.0. The molecule has 0 N–H and O–H groups in total. The fraction of sp³-hybridized carbons (Fsp3) is 0.333. The monoisotopic (exact) mass is 434 g/mol. The van der Waals surface area contributed by atoms with Crippen LogP contribution in [0.25, 0.3) is 0 Å². The molecule has 0 radical (unpaired) electrons. The number of ether oxygens (including phenoxy) is 3. The zero-order chi connectivity index (χ0) is 19.8. The molecule has 0 saturated heterocycles. The number of rotatable bonds is 8. The van der Waals surface area contributed by atoms with E-state index < -0.39 is 11.9 Å². The van der Waals surface area contributed by atoms with Crippen LogP contribution in [0.3, 0.4) is 0 Å². The molecule has 0 unspecified atom stereocenters. The second-order valence-corrected chi connectivity index (χ2v) is 7.17. The third kappa shape index (κ3) is 6.40. The summed E-state index contributed by atoms with van der Waals surface area (Å²) in [4.78, 5) is 24.2. The molecular weight excluding hydrogens is 412 g/mol. The SMILES string of the molecule is CCOC(=O)c1cccc(OC(=O)c2ccc(OCCC(C)C)c(Br)c2)c1. The number of hydrogen-bond acceptors (Lipinski definition) is 5. The van der Waals surface area contributed by atoms with E-state index >= 15 is 0 Å². The number of carbonyl (C=O) groups is 2. The maximum absolute atomic E-state index is 12.4. The van der Waals surface area contributed by atoms with E-state index in [1.54, 1.807) is 43.3 Å². The molecule has 0 aromatic heterocycles. The van der Waals surface area contributed by atoms with Crippen LogP contribution in [-0.4, -0.2) is 25.2 Å². The molecule has 0 aliphatic rings. The number of benzene rings is 2. The van der Waals surface area contributed by atoms with Crippen molar-refractivity contribution < 1.29 is 23.8 Å². The van der Waals surface area contributed by atoms with Gasteiger partial charge in [-0.05, 0) is 71.6 Å². The molecule has 2 aromatic rings. The molecule has 144 valence electrons. The van der Waals surface area contributed by atoms with E-state index in [1.165, 1.54) is 6.07 Å². The van der Waals surface area contributed by atoms with Gasteiger partial charge in [-0.2, -0.15) is 0 Å². The van der Waals surface area contributed by atoms with Crippen molar-refractivity contribution >= 4 is 27.9 Å². The summed E-state index contributed by atoms with van der Waals surface area (Å²) in [5.41, 5.74) is 0.705. The summed E-state index contributed by atoms with van der Waals surface area (Å²) in [7, 11) is 0. The minimum Gasteiger partial charge on any atom is -0.492 e. The molecule has 0 heterocycles. The smallest absolute Gasteiger partial charge is 0.343 e. The molecule has 27 heavy (non-hydrogen) atoms. The van der Waals surface area contributed by atoms with Gasteiger partial charge in [-0.25, -0.2) is 9.59 Å². The molecule has 0 aliphatic carbocycles. The Morgan fingerprint density at radius 2 is 1.78 bits per heavy atom. The second kappa shape index (κ2) is 10.1.